The zero-order valence-electron chi connectivity index (χ0n) is 21.5. The largest absolute Gasteiger partial charge is 0.496 e. The average Bonchev–Trinajstić information content (AvgIpc) is 3.16. The second kappa shape index (κ2) is 11.3. The number of aromatic nitrogens is 1. The maximum atomic E-state index is 13.0. The van der Waals surface area contributed by atoms with Crippen LogP contribution in [0.5, 0.6) is 5.75 Å². The van der Waals surface area contributed by atoms with Crippen LogP contribution in [0.3, 0.4) is 0 Å². The molecular formula is C28H27N5O5. The molecule has 2 aromatic carbocycles. The van der Waals surface area contributed by atoms with E-state index in [-0.39, 0.29) is 11.5 Å². The molecule has 0 aliphatic carbocycles. The van der Waals surface area contributed by atoms with Crippen LogP contribution in [0, 0.1) is 11.3 Å². The topological polar surface area (TPSA) is 141 Å². The third-order valence-electron chi connectivity index (χ3n) is 6.44. The molecule has 0 fully saturated rings. The number of hydrogen-bond acceptors (Lipinski definition) is 7. The molecule has 10 nitrogen and oxygen atoms in total. The van der Waals surface area contributed by atoms with Crippen molar-refractivity contribution in [2.45, 2.75) is 25.8 Å². The van der Waals surface area contributed by atoms with Crippen LogP contribution < -0.4 is 15.4 Å². The number of benzene rings is 2. The van der Waals surface area contributed by atoms with E-state index in [0.717, 1.165) is 21.6 Å². The number of imide groups is 1. The van der Waals surface area contributed by atoms with E-state index in [4.69, 9.17) is 14.8 Å². The molecule has 0 spiro atoms. The van der Waals surface area contributed by atoms with Gasteiger partial charge in [0.05, 0.1) is 29.3 Å². The minimum Gasteiger partial charge on any atom is -0.496 e. The molecule has 1 atom stereocenters. The zero-order chi connectivity index (χ0) is 28.0. The van der Waals surface area contributed by atoms with Crippen LogP contribution in [0.15, 0.2) is 54.9 Å². The Hall–Kier alpha value is -5.04. The first-order chi connectivity index (χ1) is 18.2. The minimum absolute atomic E-state index is 0.255. The monoisotopic (exact) mass is 513 g/mol. The number of hydrogen-bond donors (Lipinski definition) is 2. The van der Waals surface area contributed by atoms with Gasteiger partial charge in [0.25, 0.3) is 11.8 Å². The Morgan fingerprint density at radius 2 is 1.79 bits per heavy atom. The SMILES string of the molecule is C=O.CCC(C)(NC(=O)Nc1ccc2c(c1)C(=O)N(C)C2=O)c1ccc(-c2cncc(C#N)c2)cc1OC. The molecule has 2 N–H and O–H groups in total. The summed E-state index contributed by atoms with van der Waals surface area (Å²) in [6.45, 7) is 5.84. The molecule has 0 bridgehead atoms. The van der Waals surface area contributed by atoms with E-state index in [1.54, 1.807) is 25.4 Å². The summed E-state index contributed by atoms with van der Waals surface area (Å²) in [5.41, 5.74) is 3.00. The fraction of sp³-hybridized carbons (Fsp3) is 0.214. The number of amides is 4. The Labute approximate surface area is 220 Å². The van der Waals surface area contributed by atoms with Crippen molar-refractivity contribution in [3.05, 3.63) is 77.1 Å². The predicted octanol–water partition coefficient (Wildman–Crippen LogP) is 4.12. The highest BCUT2D eigenvalue weighted by Gasteiger charge is 2.33. The number of carbonyl (C=O) groups is 4. The van der Waals surface area contributed by atoms with Gasteiger partial charge in [-0.2, -0.15) is 5.26 Å². The normalized spacial score (nSPS) is 13.4. The number of pyridine rings is 1. The van der Waals surface area contributed by atoms with E-state index in [1.165, 1.54) is 25.4 Å². The van der Waals surface area contributed by atoms with Crippen molar-refractivity contribution < 1.29 is 23.9 Å². The number of ether oxygens (including phenoxy) is 1. The van der Waals surface area contributed by atoms with Crippen LogP contribution >= 0.6 is 0 Å². The molecule has 0 saturated carbocycles. The Balaban J connectivity index is 0.00000195. The van der Waals surface area contributed by atoms with Gasteiger partial charge in [-0.25, -0.2) is 4.79 Å². The summed E-state index contributed by atoms with van der Waals surface area (Å²) in [6.07, 6.45) is 3.73. The third-order valence-corrected chi connectivity index (χ3v) is 6.44. The number of rotatable bonds is 6. The van der Waals surface area contributed by atoms with Crippen LogP contribution in [0.2, 0.25) is 0 Å². The average molecular weight is 514 g/mol. The van der Waals surface area contributed by atoms with E-state index in [1.807, 2.05) is 38.8 Å². The second-order valence-electron chi connectivity index (χ2n) is 8.68. The van der Waals surface area contributed by atoms with E-state index in [0.29, 0.717) is 29.0 Å². The molecule has 194 valence electrons. The first kappa shape index (κ1) is 27.5. The maximum Gasteiger partial charge on any atom is 0.319 e. The van der Waals surface area contributed by atoms with Crippen LogP contribution in [0.4, 0.5) is 10.5 Å². The Morgan fingerprint density at radius 1 is 1.08 bits per heavy atom. The lowest BCUT2D eigenvalue weighted by Gasteiger charge is -2.32. The van der Waals surface area contributed by atoms with Crippen LogP contribution in [-0.4, -0.2) is 48.7 Å². The van der Waals surface area contributed by atoms with E-state index < -0.39 is 17.5 Å². The lowest BCUT2D eigenvalue weighted by Crippen LogP contribution is -2.45. The van der Waals surface area contributed by atoms with Crippen LogP contribution in [0.1, 0.15) is 52.1 Å². The van der Waals surface area contributed by atoms with Gasteiger partial charge >= 0.3 is 6.03 Å². The van der Waals surface area contributed by atoms with Crippen molar-refractivity contribution in [1.82, 2.24) is 15.2 Å². The summed E-state index contributed by atoms with van der Waals surface area (Å²) in [4.78, 5) is 50.5. The second-order valence-corrected chi connectivity index (χ2v) is 8.68. The molecular weight excluding hydrogens is 486 g/mol. The fourth-order valence-corrected chi connectivity index (χ4v) is 4.18. The summed E-state index contributed by atoms with van der Waals surface area (Å²) in [7, 11) is 2.98. The maximum absolute atomic E-state index is 13.0. The zero-order valence-corrected chi connectivity index (χ0v) is 21.5. The number of fused-ring (bicyclic) bond motifs is 1. The lowest BCUT2D eigenvalue weighted by molar-refractivity contribution is -0.0980. The summed E-state index contributed by atoms with van der Waals surface area (Å²) < 4.78 is 5.66. The van der Waals surface area contributed by atoms with Crippen molar-refractivity contribution in [3.8, 4) is 22.9 Å². The smallest absolute Gasteiger partial charge is 0.319 e. The molecule has 10 heteroatoms. The first-order valence-corrected chi connectivity index (χ1v) is 11.6. The van der Waals surface area contributed by atoms with Gasteiger partial charge in [0.15, 0.2) is 0 Å². The van der Waals surface area contributed by atoms with Crippen LogP contribution in [0.25, 0.3) is 11.1 Å². The van der Waals surface area contributed by atoms with Gasteiger partial charge in [-0.05, 0) is 49.2 Å². The number of methoxy groups -OCH3 is 1. The molecule has 0 saturated heterocycles. The van der Waals surface area contributed by atoms with Crippen molar-refractivity contribution in [3.63, 3.8) is 0 Å². The number of carbonyl (C=O) groups excluding carboxylic acids is 4. The van der Waals surface area contributed by atoms with Crippen molar-refractivity contribution in [1.29, 1.82) is 5.26 Å². The number of anilines is 1. The third kappa shape index (κ3) is 5.22. The Kier molecular flexibility index (Phi) is 8.23. The fourth-order valence-electron chi connectivity index (χ4n) is 4.18. The summed E-state index contributed by atoms with van der Waals surface area (Å²) in [5.74, 6) is -0.197. The summed E-state index contributed by atoms with van der Waals surface area (Å²) in [5, 5.41) is 14.9. The number of nitrogens with one attached hydrogen (secondary N) is 2. The highest BCUT2D eigenvalue weighted by molar-refractivity contribution is 6.21. The van der Waals surface area contributed by atoms with Crippen molar-refractivity contribution in [2.75, 3.05) is 19.5 Å². The lowest BCUT2D eigenvalue weighted by atomic mass is 9.87. The summed E-state index contributed by atoms with van der Waals surface area (Å²) >= 11 is 0. The molecule has 1 unspecified atom stereocenters. The van der Waals surface area contributed by atoms with Crippen molar-refractivity contribution in [2.24, 2.45) is 0 Å². The highest BCUT2D eigenvalue weighted by atomic mass is 16.5. The van der Waals surface area contributed by atoms with Gasteiger partial charge < -0.3 is 20.2 Å². The standard InChI is InChI=1S/C27H25N5O4.CH2O/c1-5-27(2,22-9-6-17(11-23(22)36-4)18-10-16(13-28)14-29-15-18)31-26(35)30-19-7-8-20-21(12-19)25(34)32(3)24(20)33;1-2/h6-12,14-15H,5H2,1-4H3,(H2,30,31,35);1H2. The Bertz CT molecular complexity index is 1450. The molecule has 4 rings (SSSR count). The predicted molar refractivity (Wildman–Crippen MR) is 141 cm³/mol. The molecule has 1 aliphatic rings. The first-order valence-electron chi connectivity index (χ1n) is 11.6. The van der Waals surface area contributed by atoms with Gasteiger partial charge in [-0.15, -0.1) is 0 Å². The quantitative estimate of drug-likeness (QED) is 0.472. The highest BCUT2D eigenvalue weighted by Crippen LogP contribution is 2.36. The number of urea groups is 1. The van der Waals surface area contributed by atoms with Crippen molar-refractivity contribution >= 4 is 30.3 Å². The van der Waals surface area contributed by atoms with Gasteiger partial charge in [-0.3, -0.25) is 19.5 Å². The van der Waals surface area contributed by atoms with Gasteiger partial charge in [-0.1, -0.05) is 19.1 Å². The van der Waals surface area contributed by atoms with Gasteiger partial charge in [0.2, 0.25) is 0 Å². The molecule has 4 amide bonds. The molecule has 1 aromatic heterocycles. The Morgan fingerprint density at radius 3 is 2.45 bits per heavy atom. The molecule has 38 heavy (non-hydrogen) atoms. The van der Waals surface area contributed by atoms with E-state index >= 15 is 0 Å². The van der Waals surface area contributed by atoms with Crippen LogP contribution in [-0.2, 0) is 10.3 Å². The number of nitriles is 1. The molecule has 0 radical (unpaired) electrons. The number of nitrogens with zero attached hydrogens (tertiary/aromatic N) is 3. The molecule has 3 aromatic rings. The van der Waals surface area contributed by atoms with E-state index in [2.05, 4.69) is 21.7 Å². The van der Waals surface area contributed by atoms with Gasteiger partial charge in [0, 0.05) is 36.3 Å². The minimum atomic E-state index is -0.788. The molecule has 1 aliphatic heterocycles. The summed E-state index contributed by atoms with van der Waals surface area (Å²) in [6, 6.07) is 13.6. The van der Waals surface area contributed by atoms with Gasteiger partial charge in [0.1, 0.15) is 18.6 Å². The van der Waals surface area contributed by atoms with E-state index in [9.17, 15) is 14.4 Å². The molecule has 2 heterocycles.